The predicted molar refractivity (Wildman–Crippen MR) is 65.8 cm³/mol. The van der Waals surface area contributed by atoms with Gasteiger partial charge in [0.2, 0.25) is 5.91 Å². The number of carbonyl (C=O) groups excluding carboxylic acids is 1. The number of aliphatic hydroxyl groups excluding tert-OH is 1. The molecule has 1 rings (SSSR count). The van der Waals surface area contributed by atoms with Gasteiger partial charge in [-0.15, -0.1) is 12.3 Å². The van der Waals surface area contributed by atoms with Crippen molar-refractivity contribution in [2.24, 2.45) is 5.73 Å². The summed E-state index contributed by atoms with van der Waals surface area (Å²) in [5.41, 5.74) is 6.40. The van der Waals surface area contributed by atoms with E-state index in [2.05, 4.69) is 11.2 Å². The number of rotatable bonds is 5. The van der Waals surface area contributed by atoms with Crippen LogP contribution in [0, 0.1) is 12.3 Å². The van der Waals surface area contributed by atoms with Crippen LogP contribution in [-0.2, 0) is 4.79 Å². The lowest BCUT2D eigenvalue weighted by molar-refractivity contribution is -0.123. The highest BCUT2D eigenvalue weighted by Gasteiger charge is 2.17. The molecule has 0 aliphatic carbocycles. The topological polar surface area (TPSA) is 75.4 Å². The van der Waals surface area contributed by atoms with Crippen molar-refractivity contribution in [3.63, 3.8) is 0 Å². The normalized spacial score (nSPS) is 13.5. The van der Waals surface area contributed by atoms with Gasteiger partial charge in [0.1, 0.15) is 0 Å². The molecular formula is C13H16N2O2. The van der Waals surface area contributed by atoms with Gasteiger partial charge in [-0.1, -0.05) is 30.3 Å². The summed E-state index contributed by atoms with van der Waals surface area (Å²) < 4.78 is 0. The molecule has 1 aromatic rings. The Morgan fingerprint density at radius 1 is 1.47 bits per heavy atom. The molecule has 0 aliphatic rings. The molecule has 0 bridgehead atoms. The molecule has 90 valence electrons. The van der Waals surface area contributed by atoms with Crippen LogP contribution < -0.4 is 11.1 Å². The molecule has 4 N–H and O–H groups in total. The van der Waals surface area contributed by atoms with Crippen molar-refractivity contribution >= 4 is 5.91 Å². The Balaban J connectivity index is 2.65. The van der Waals surface area contributed by atoms with E-state index in [1.165, 1.54) is 0 Å². The average Bonchev–Trinajstić information content (AvgIpc) is 2.37. The van der Waals surface area contributed by atoms with Crippen LogP contribution in [0.5, 0.6) is 0 Å². The highest BCUT2D eigenvalue weighted by molar-refractivity contribution is 5.82. The van der Waals surface area contributed by atoms with E-state index in [-0.39, 0.29) is 18.9 Å². The lowest BCUT2D eigenvalue weighted by Crippen LogP contribution is -2.42. The third-order valence-corrected chi connectivity index (χ3v) is 2.38. The fourth-order valence-corrected chi connectivity index (χ4v) is 1.42. The Labute approximate surface area is 101 Å². The van der Waals surface area contributed by atoms with Crippen LogP contribution in [0.1, 0.15) is 18.0 Å². The van der Waals surface area contributed by atoms with Gasteiger partial charge in [0.15, 0.2) is 0 Å². The summed E-state index contributed by atoms with van der Waals surface area (Å²) in [6.45, 7) is -0.182. The number of nitrogens with two attached hydrogens (primary N) is 1. The molecule has 0 fully saturated rings. The van der Waals surface area contributed by atoms with Gasteiger partial charge in [-0.2, -0.15) is 0 Å². The molecule has 4 heteroatoms. The Morgan fingerprint density at radius 2 is 2.12 bits per heavy atom. The summed E-state index contributed by atoms with van der Waals surface area (Å²) >= 11 is 0. The van der Waals surface area contributed by atoms with E-state index >= 15 is 0 Å². The van der Waals surface area contributed by atoms with Crippen LogP contribution >= 0.6 is 0 Å². The number of nitrogens with one attached hydrogen (secondary N) is 1. The van der Waals surface area contributed by atoms with Gasteiger partial charge in [-0.3, -0.25) is 4.79 Å². The maximum atomic E-state index is 11.6. The number of benzene rings is 1. The van der Waals surface area contributed by atoms with Crippen molar-refractivity contribution in [1.29, 1.82) is 0 Å². The van der Waals surface area contributed by atoms with Gasteiger partial charge >= 0.3 is 0 Å². The second-order valence-electron chi connectivity index (χ2n) is 3.67. The standard InChI is InChI=1S/C13H16N2O2/c1-2-6-11(14)13(17)15-12(9-16)10-7-4-3-5-8-10/h1,3-5,7-8,11-12,16H,6,9,14H2,(H,15,17)/t11?,12-/m0/s1. The van der Waals surface area contributed by atoms with E-state index in [1.807, 2.05) is 30.3 Å². The first-order chi connectivity index (χ1) is 8.19. The third kappa shape index (κ3) is 3.91. The smallest absolute Gasteiger partial charge is 0.238 e. The Hall–Kier alpha value is -1.83. The van der Waals surface area contributed by atoms with Gasteiger partial charge < -0.3 is 16.2 Å². The number of terminal acetylenes is 1. The first-order valence-corrected chi connectivity index (χ1v) is 5.34. The second kappa shape index (κ2) is 6.69. The van der Waals surface area contributed by atoms with Gasteiger partial charge in [-0.25, -0.2) is 0 Å². The van der Waals surface area contributed by atoms with Gasteiger partial charge in [0.25, 0.3) is 0 Å². The molecule has 0 saturated heterocycles. The van der Waals surface area contributed by atoms with Crippen LogP contribution in [0.25, 0.3) is 0 Å². The minimum absolute atomic E-state index is 0.179. The van der Waals surface area contributed by atoms with Crippen LogP contribution in [-0.4, -0.2) is 23.7 Å². The first kappa shape index (κ1) is 13.2. The lowest BCUT2D eigenvalue weighted by atomic mass is 10.1. The number of hydrogen-bond donors (Lipinski definition) is 3. The molecule has 1 unspecified atom stereocenters. The zero-order valence-corrected chi connectivity index (χ0v) is 9.47. The quantitative estimate of drug-likeness (QED) is 0.634. The van der Waals surface area contributed by atoms with Crippen molar-refractivity contribution in [1.82, 2.24) is 5.32 Å². The van der Waals surface area contributed by atoms with Crippen LogP contribution in [0.4, 0.5) is 0 Å². The van der Waals surface area contributed by atoms with Crippen LogP contribution in [0.15, 0.2) is 30.3 Å². The highest BCUT2D eigenvalue weighted by Crippen LogP contribution is 2.11. The maximum Gasteiger partial charge on any atom is 0.238 e. The fraction of sp³-hybridized carbons (Fsp3) is 0.308. The van der Waals surface area contributed by atoms with Crippen LogP contribution in [0.3, 0.4) is 0 Å². The number of carbonyl (C=O) groups is 1. The van der Waals surface area contributed by atoms with E-state index in [4.69, 9.17) is 12.2 Å². The molecule has 0 heterocycles. The van der Waals surface area contributed by atoms with E-state index in [0.29, 0.717) is 0 Å². The maximum absolute atomic E-state index is 11.6. The fourth-order valence-electron chi connectivity index (χ4n) is 1.42. The minimum Gasteiger partial charge on any atom is -0.394 e. The number of aliphatic hydroxyl groups is 1. The van der Waals surface area contributed by atoms with E-state index < -0.39 is 12.1 Å². The second-order valence-corrected chi connectivity index (χ2v) is 3.67. The van der Waals surface area contributed by atoms with Crippen molar-refractivity contribution in [2.75, 3.05) is 6.61 Å². The Bertz CT molecular complexity index is 398. The Morgan fingerprint density at radius 3 is 2.65 bits per heavy atom. The highest BCUT2D eigenvalue weighted by atomic mass is 16.3. The van der Waals surface area contributed by atoms with Crippen molar-refractivity contribution in [3.05, 3.63) is 35.9 Å². The molecule has 4 nitrogen and oxygen atoms in total. The Kier molecular flexibility index (Phi) is 5.21. The molecule has 0 radical (unpaired) electrons. The minimum atomic E-state index is -0.738. The molecule has 0 aromatic heterocycles. The van der Waals surface area contributed by atoms with E-state index in [0.717, 1.165) is 5.56 Å². The molecule has 2 atom stereocenters. The summed E-state index contributed by atoms with van der Waals surface area (Å²) in [6, 6.07) is 8.01. The monoisotopic (exact) mass is 232 g/mol. The number of hydrogen-bond acceptors (Lipinski definition) is 3. The van der Waals surface area contributed by atoms with Gasteiger partial charge in [0.05, 0.1) is 18.7 Å². The third-order valence-electron chi connectivity index (χ3n) is 2.38. The molecular weight excluding hydrogens is 216 g/mol. The molecule has 1 aromatic carbocycles. The first-order valence-electron chi connectivity index (χ1n) is 5.34. The molecule has 1 amide bonds. The van der Waals surface area contributed by atoms with Crippen molar-refractivity contribution < 1.29 is 9.90 Å². The SMILES string of the molecule is C#CCC(N)C(=O)N[C@@H](CO)c1ccccc1. The largest absolute Gasteiger partial charge is 0.394 e. The summed E-state index contributed by atoms with van der Waals surface area (Å²) in [4.78, 5) is 11.6. The van der Waals surface area contributed by atoms with Gasteiger partial charge in [0, 0.05) is 6.42 Å². The van der Waals surface area contributed by atoms with E-state index in [9.17, 15) is 9.90 Å². The molecule has 17 heavy (non-hydrogen) atoms. The molecule has 0 aliphatic heterocycles. The summed E-state index contributed by atoms with van der Waals surface area (Å²) in [6.07, 6.45) is 5.26. The predicted octanol–water partition coefficient (Wildman–Crippen LogP) is 0.187. The zero-order chi connectivity index (χ0) is 12.7. The zero-order valence-electron chi connectivity index (χ0n) is 9.47. The van der Waals surface area contributed by atoms with Crippen LogP contribution in [0.2, 0.25) is 0 Å². The van der Waals surface area contributed by atoms with Gasteiger partial charge in [-0.05, 0) is 5.56 Å². The lowest BCUT2D eigenvalue weighted by Gasteiger charge is -2.18. The summed E-state index contributed by atoms with van der Waals surface area (Å²) in [5.74, 6) is 1.98. The van der Waals surface area contributed by atoms with Crippen molar-refractivity contribution in [2.45, 2.75) is 18.5 Å². The molecule has 0 spiro atoms. The summed E-state index contributed by atoms with van der Waals surface area (Å²) in [5, 5.41) is 11.9. The van der Waals surface area contributed by atoms with Crippen molar-refractivity contribution in [3.8, 4) is 12.3 Å². The molecule has 0 saturated carbocycles. The van der Waals surface area contributed by atoms with E-state index in [1.54, 1.807) is 0 Å². The number of amides is 1. The summed E-state index contributed by atoms with van der Waals surface area (Å²) in [7, 11) is 0. The average molecular weight is 232 g/mol.